The lowest BCUT2D eigenvalue weighted by atomic mass is 10.2. The van der Waals surface area contributed by atoms with E-state index in [0.29, 0.717) is 23.2 Å². The number of rotatable bonds is 11. The summed E-state index contributed by atoms with van der Waals surface area (Å²) >= 11 is 1.66. The van der Waals surface area contributed by atoms with Gasteiger partial charge in [-0.1, -0.05) is 37.9 Å². The molecule has 9 heteroatoms. The van der Waals surface area contributed by atoms with E-state index < -0.39 is 10.0 Å². The third-order valence-electron chi connectivity index (χ3n) is 6.63. The van der Waals surface area contributed by atoms with Crippen molar-refractivity contribution in [3.63, 3.8) is 0 Å². The first-order valence-corrected chi connectivity index (χ1v) is 14.6. The zero-order chi connectivity index (χ0) is 25.0. The summed E-state index contributed by atoms with van der Waals surface area (Å²) in [5.41, 5.74) is 2.81. The van der Waals surface area contributed by atoms with Gasteiger partial charge in [0.25, 0.3) is 0 Å². The average Bonchev–Trinajstić information content (AvgIpc) is 3.52. The topological polar surface area (TPSA) is 73.7 Å². The standard InChI is InChI=1S/C26H35N3O4S2/c1-5-6-13-28(2)35(30,31)23-11-12-25-24(17-23)27-26(29(25)20-9-7-8-10-20)34-18-19-14-21(32-3)16-22(15-19)33-4/h11-12,14-17,20H,5-10,13,18H2,1-4H3. The zero-order valence-electron chi connectivity index (χ0n) is 21.0. The van der Waals surface area contributed by atoms with Crippen molar-refractivity contribution >= 4 is 32.8 Å². The molecule has 1 aromatic heterocycles. The molecule has 2 aromatic carbocycles. The Morgan fingerprint density at radius 2 is 1.77 bits per heavy atom. The van der Waals surface area contributed by atoms with Crippen LogP contribution in [0.5, 0.6) is 11.5 Å². The van der Waals surface area contributed by atoms with E-state index in [4.69, 9.17) is 14.5 Å². The molecule has 0 unspecified atom stereocenters. The van der Waals surface area contributed by atoms with Gasteiger partial charge in [0.2, 0.25) is 10.0 Å². The first kappa shape index (κ1) is 25.9. The number of ether oxygens (including phenoxy) is 2. The molecule has 35 heavy (non-hydrogen) atoms. The van der Waals surface area contributed by atoms with Crippen LogP contribution >= 0.6 is 11.8 Å². The summed E-state index contributed by atoms with van der Waals surface area (Å²) in [6.07, 6.45) is 6.43. The highest BCUT2D eigenvalue weighted by molar-refractivity contribution is 7.98. The number of fused-ring (bicyclic) bond motifs is 1. The minimum absolute atomic E-state index is 0.300. The Bertz CT molecular complexity index is 1240. The molecule has 1 aliphatic rings. The van der Waals surface area contributed by atoms with Gasteiger partial charge in [-0.2, -0.15) is 0 Å². The molecule has 0 bridgehead atoms. The molecule has 1 aliphatic carbocycles. The molecule has 0 spiro atoms. The van der Waals surface area contributed by atoms with Crippen molar-refractivity contribution in [2.75, 3.05) is 27.8 Å². The SMILES string of the molecule is CCCCN(C)S(=O)(=O)c1ccc2c(c1)nc(SCc1cc(OC)cc(OC)c1)n2C1CCCC1. The third-order valence-corrected chi connectivity index (χ3v) is 9.51. The minimum atomic E-state index is -3.55. The van der Waals surface area contributed by atoms with Crippen LogP contribution in [0.3, 0.4) is 0 Å². The Morgan fingerprint density at radius 1 is 1.09 bits per heavy atom. The van der Waals surface area contributed by atoms with Gasteiger partial charge in [-0.3, -0.25) is 0 Å². The predicted octanol–water partition coefficient (Wildman–Crippen LogP) is 5.88. The number of nitrogens with zero attached hydrogens (tertiary/aromatic N) is 3. The Hall–Kier alpha value is -2.23. The molecule has 1 heterocycles. The molecule has 0 radical (unpaired) electrons. The number of methoxy groups -OCH3 is 2. The molecule has 4 rings (SSSR count). The highest BCUT2D eigenvalue weighted by Crippen LogP contribution is 2.38. The second-order valence-electron chi connectivity index (χ2n) is 9.04. The lowest BCUT2D eigenvalue weighted by Gasteiger charge is -2.18. The largest absolute Gasteiger partial charge is 0.497 e. The molecule has 3 aromatic rings. The number of unbranched alkanes of at least 4 members (excludes halogenated alkanes) is 1. The molecule has 190 valence electrons. The van der Waals surface area contributed by atoms with Crippen molar-refractivity contribution in [1.82, 2.24) is 13.9 Å². The van der Waals surface area contributed by atoms with Gasteiger partial charge in [0.1, 0.15) is 11.5 Å². The van der Waals surface area contributed by atoms with Gasteiger partial charge in [-0.25, -0.2) is 17.7 Å². The van der Waals surface area contributed by atoms with Crippen LogP contribution < -0.4 is 9.47 Å². The van der Waals surface area contributed by atoms with Gasteiger partial charge >= 0.3 is 0 Å². The second kappa shape index (κ2) is 11.2. The van der Waals surface area contributed by atoms with Gasteiger partial charge < -0.3 is 14.0 Å². The van der Waals surface area contributed by atoms with Crippen LogP contribution in [0.15, 0.2) is 46.5 Å². The highest BCUT2D eigenvalue weighted by atomic mass is 32.2. The molecular weight excluding hydrogens is 482 g/mol. The summed E-state index contributed by atoms with van der Waals surface area (Å²) in [6, 6.07) is 11.7. The van der Waals surface area contributed by atoms with E-state index in [1.54, 1.807) is 45.2 Å². The highest BCUT2D eigenvalue weighted by Gasteiger charge is 2.26. The van der Waals surface area contributed by atoms with E-state index in [9.17, 15) is 8.42 Å². The third kappa shape index (κ3) is 5.62. The fourth-order valence-electron chi connectivity index (χ4n) is 4.61. The number of aromatic nitrogens is 2. The average molecular weight is 518 g/mol. The normalized spacial score (nSPS) is 14.8. The molecule has 0 aliphatic heterocycles. The van der Waals surface area contributed by atoms with Crippen LogP contribution in [-0.4, -0.2) is 50.1 Å². The van der Waals surface area contributed by atoms with Crippen molar-refractivity contribution in [3.05, 3.63) is 42.0 Å². The first-order chi connectivity index (χ1) is 16.9. The zero-order valence-corrected chi connectivity index (χ0v) is 22.6. The molecule has 7 nitrogen and oxygen atoms in total. The Labute approximate surface area is 212 Å². The van der Waals surface area contributed by atoms with Crippen molar-refractivity contribution in [2.24, 2.45) is 0 Å². The van der Waals surface area contributed by atoms with Crippen LogP contribution in [0, 0.1) is 0 Å². The fraction of sp³-hybridized carbons (Fsp3) is 0.500. The van der Waals surface area contributed by atoms with E-state index in [0.717, 1.165) is 58.9 Å². The van der Waals surface area contributed by atoms with Crippen molar-refractivity contribution in [3.8, 4) is 11.5 Å². The predicted molar refractivity (Wildman–Crippen MR) is 141 cm³/mol. The molecular formula is C26H35N3O4S2. The van der Waals surface area contributed by atoms with Gasteiger partial charge in [0, 0.05) is 31.5 Å². The number of benzene rings is 2. The van der Waals surface area contributed by atoms with E-state index >= 15 is 0 Å². The maximum atomic E-state index is 13.1. The quantitative estimate of drug-likeness (QED) is 0.296. The summed E-state index contributed by atoms with van der Waals surface area (Å²) < 4.78 is 40.9. The smallest absolute Gasteiger partial charge is 0.242 e. The Morgan fingerprint density at radius 3 is 2.40 bits per heavy atom. The van der Waals surface area contributed by atoms with Crippen molar-refractivity contribution in [2.45, 2.75) is 67.3 Å². The van der Waals surface area contributed by atoms with Gasteiger partial charge in [0.05, 0.1) is 30.1 Å². The van der Waals surface area contributed by atoms with Gasteiger partial charge in [-0.15, -0.1) is 0 Å². The second-order valence-corrected chi connectivity index (χ2v) is 12.0. The molecule has 0 saturated heterocycles. The maximum Gasteiger partial charge on any atom is 0.242 e. The minimum Gasteiger partial charge on any atom is -0.497 e. The van der Waals surface area contributed by atoms with Crippen LogP contribution in [0.2, 0.25) is 0 Å². The summed E-state index contributed by atoms with van der Waals surface area (Å²) in [7, 11) is 1.40. The van der Waals surface area contributed by atoms with Gasteiger partial charge in [-0.05, 0) is 55.2 Å². The van der Waals surface area contributed by atoms with Crippen LogP contribution in [-0.2, 0) is 15.8 Å². The number of sulfonamides is 1. The summed E-state index contributed by atoms with van der Waals surface area (Å²) in [5, 5.41) is 0.919. The summed E-state index contributed by atoms with van der Waals surface area (Å²) in [6.45, 7) is 2.57. The monoisotopic (exact) mass is 517 g/mol. The number of imidazole rings is 1. The van der Waals surface area contributed by atoms with E-state index in [-0.39, 0.29) is 0 Å². The first-order valence-electron chi connectivity index (χ1n) is 12.2. The number of thioether (sulfide) groups is 1. The van der Waals surface area contributed by atoms with E-state index in [1.165, 1.54) is 17.1 Å². The molecule has 1 saturated carbocycles. The van der Waals surface area contributed by atoms with Crippen molar-refractivity contribution in [1.29, 1.82) is 0 Å². The van der Waals surface area contributed by atoms with Crippen LogP contribution in [0.4, 0.5) is 0 Å². The number of hydrogen-bond acceptors (Lipinski definition) is 6. The lowest BCUT2D eigenvalue weighted by molar-refractivity contribution is 0.393. The van der Waals surface area contributed by atoms with Crippen LogP contribution in [0.1, 0.15) is 57.1 Å². The molecule has 1 fully saturated rings. The van der Waals surface area contributed by atoms with Crippen molar-refractivity contribution < 1.29 is 17.9 Å². The molecule has 0 atom stereocenters. The lowest BCUT2D eigenvalue weighted by Crippen LogP contribution is -2.27. The Balaban J connectivity index is 1.68. The molecule has 0 N–H and O–H groups in total. The van der Waals surface area contributed by atoms with E-state index in [1.807, 2.05) is 24.3 Å². The fourth-order valence-corrected chi connectivity index (χ4v) is 6.85. The van der Waals surface area contributed by atoms with Crippen LogP contribution in [0.25, 0.3) is 11.0 Å². The maximum absolute atomic E-state index is 13.1. The number of hydrogen-bond donors (Lipinski definition) is 0. The molecule has 0 amide bonds. The summed E-state index contributed by atoms with van der Waals surface area (Å²) in [4.78, 5) is 5.23. The van der Waals surface area contributed by atoms with Gasteiger partial charge in [0.15, 0.2) is 5.16 Å². The summed E-state index contributed by atoms with van der Waals surface area (Å²) in [5.74, 6) is 2.21. The van der Waals surface area contributed by atoms with E-state index in [2.05, 4.69) is 11.5 Å². The Kier molecular flexibility index (Phi) is 8.29.